The van der Waals surface area contributed by atoms with Crippen LogP contribution in [0.5, 0.6) is 0 Å². The van der Waals surface area contributed by atoms with Crippen LogP contribution in [0.25, 0.3) is 0 Å². The topological polar surface area (TPSA) is 37.3 Å². The summed E-state index contributed by atoms with van der Waals surface area (Å²) in [5, 5.41) is 7.75. The standard InChI is InChI=1S/C3H2BrF3O2.ClH/c4-1(2(8)9)3(5,6)7;/h1H,(H,8,9);1H. The maximum Gasteiger partial charge on any atom is 0.411 e. The highest BCUT2D eigenvalue weighted by Gasteiger charge is 2.43. The van der Waals surface area contributed by atoms with Gasteiger partial charge in [0.25, 0.3) is 0 Å². The number of hydrogen-bond acceptors (Lipinski definition) is 1. The summed E-state index contributed by atoms with van der Waals surface area (Å²) in [6, 6.07) is 0. The molecule has 1 atom stereocenters. The molecule has 0 radical (unpaired) electrons. The molecule has 1 N–H and O–H groups in total. The first-order chi connectivity index (χ1) is 3.85. The first kappa shape index (κ1) is 12.7. The number of carbonyl (C=O) groups is 1. The van der Waals surface area contributed by atoms with Crippen LogP contribution < -0.4 is 0 Å². The van der Waals surface area contributed by atoms with E-state index in [1.807, 2.05) is 15.9 Å². The van der Waals surface area contributed by atoms with Gasteiger partial charge in [-0.15, -0.1) is 12.4 Å². The van der Waals surface area contributed by atoms with E-state index in [4.69, 9.17) is 5.11 Å². The predicted molar refractivity (Wildman–Crippen MR) is 33.7 cm³/mol. The molecule has 2 nitrogen and oxygen atoms in total. The summed E-state index contributed by atoms with van der Waals surface area (Å²) in [6.07, 6.45) is -4.70. The number of alkyl halides is 4. The Hall–Kier alpha value is 0.0300. The summed E-state index contributed by atoms with van der Waals surface area (Å²) in [6.45, 7) is 0. The lowest BCUT2D eigenvalue weighted by atomic mass is 10.4. The Balaban J connectivity index is 0. The van der Waals surface area contributed by atoms with Crippen molar-refractivity contribution in [2.24, 2.45) is 0 Å². The molecule has 0 aromatic heterocycles. The average molecular weight is 243 g/mol. The molecule has 0 saturated heterocycles. The third-order valence-corrected chi connectivity index (χ3v) is 1.41. The third-order valence-electron chi connectivity index (χ3n) is 0.504. The summed E-state index contributed by atoms with van der Waals surface area (Å²) in [4.78, 5) is 7.13. The second-order valence-electron chi connectivity index (χ2n) is 1.24. The number of carboxylic acid groups (broad SMARTS) is 1. The highest BCUT2D eigenvalue weighted by atomic mass is 79.9. The van der Waals surface area contributed by atoms with E-state index in [-0.39, 0.29) is 12.4 Å². The summed E-state index contributed by atoms with van der Waals surface area (Å²) < 4.78 is 33.8. The van der Waals surface area contributed by atoms with Crippen LogP contribution in [-0.2, 0) is 4.79 Å². The maximum absolute atomic E-state index is 11.3. The lowest BCUT2D eigenvalue weighted by molar-refractivity contribution is -0.161. The molecule has 0 aromatic rings. The quantitative estimate of drug-likeness (QED) is 0.713. The van der Waals surface area contributed by atoms with Gasteiger partial charge in [-0.05, 0) is 0 Å². The molecular formula is C3H3BrClF3O2. The minimum Gasteiger partial charge on any atom is -0.480 e. The first-order valence-electron chi connectivity index (χ1n) is 1.79. The van der Waals surface area contributed by atoms with Gasteiger partial charge < -0.3 is 5.11 Å². The fourth-order valence-electron chi connectivity index (χ4n) is 0.140. The molecule has 0 heterocycles. The van der Waals surface area contributed by atoms with Crippen molar-refractivity contribution in [2.75, 3.05) is 0 Å². The molecule has 0 saturated carbocycles. The molecule has 0 amide bonds. The molecular weight excluding hydrogens is 240 g/mol. The van der Waals surface area contributed by atoms with Gasteiger partial charge in [0.1, 0.15) is 0 Å². The van der Waals surface area contributed by atoms with Crippen molar-refractivity contribution >= 4 is 34.3 Å². The Morgan fingerprint density at radius 2 is 1.80 bits per heavy atom. The Morgan fingerprint density at radius 3 is 1.80 bits per heavy atom. The van der Waals surface area contributed by atoms with E-state index in [1.54, 1.807) is 0 Å². The normalized spacial score (nSPS) is 13.6. The van der Waals surface area contributed by atoms with Crippen LogP contribution in [0, 0.1) is 0 Å². The van der Waals surface area contributed by atoms with E-state index in [0.717, 1.165) is 0 Å². The predicted octanol–water partition coefficient (Wildman–Crippen LogP) is 1.82. The van der Waals surface area contributed by atoms with Crippen molar-refractivity contribution in [3.63, 3.8) is 0 Å². The molecule has 0 aliphatic rings. The van der Waals surface area contributed by atoms with Crippen molar-refractivity contribution in [1.29, 1.82) is 0 Å². The van der Waals surface area contributed by atoms with E-state index in [2.05, 4.69) is 0 Å². The van der Waals surface area contributed by atoms with Crippen LogP contribution >= 0.6 is 28.3 Å². The highest BCUT2D eigenvalue weighted by Crippen LogP contribution is 2.25. The van der Waals surface area contributed by atoms with Crippen molar-refractivity contribution < 1.29 is 23.1 Å². The van der Waals surface area contributed by atoms with Crippen molar-refractivity contribution in [2.45, 2.75) is 11.0 Å². The number of aliphatic carboxylic acids is 1. The van der Waals surface area contributed by atoms with Gasteiger partial charge in [-0.2, -0.15) is 13.2 Å². The lowest BCUT2D eigenvalue weighted by Gasteiger charge is -2.07. The van der Waals surface area contributed by atoms with Gasteiger partial charge in [-0.3, -0.25) is 4.79 Å². The van der Waals surface area contributed by atoms with E-state index >= 15 is 0 Å². The minimum absolute atomic E-state index is 0. The van der Waals surface area contributed by atoms with Crippen LogP contribution in [0.3, 0.4) is 0 Å². The third kappa shape index (κ3) is 3.94. The minimum atomic E-state index is -4.70. The zero-order valence-corrected chi connectivity index (χ0v) is 6.76. The molecule has 7 heteroatoms. The largest absolute Gasteiger partial charge is 0.480 e. The summed E-state index contributed by atoms with van der Waals surface area (Å²) >= 11 is 1.94. The van der Waals surface area contributed by atoms with Gasteiger partial charge in [0.05, 0.1) is 0 Å². The van der Waals surface area contributed by atoms with Crippen LogP contribution in [0.2, 0.25) is 0 Å². The Labute approximate surface area is 68.9 Å². The Kier molecular flexibility index (Phi) is 5.10. The van der Waals surface area contributed by atoms with Gasteiger partial charge in [-0.25, -0.2) is 0 Å². The Morgan fingerprint density at radius 1 is 1.50 bits per heavy atom. The molecule has 62 valence electrons. The zero-order valence-electron chi connectivity index (χ0n) is 4.35. The summed E-state index contributed by atoms with van der Waals surface area (Å²) in [7, 11) is 0. The lowest BCUT2D eigenvalue weighted by Crippen LogP contribution is -2.30. The van der Waals surface area contributed by atoms with Crippen LogP contribution in [0.1, 0.15) is 0 Å². The van der Waals surface area contributed by atoms with E-state index in [9.17, 15) is 18.0 Å². The second-order valence-corrected chi connectivity index (χ2v) is 2.16. The van der Waals surface area contributed by atoms with Crippen molar-refractivity contribution in [1.82, 2.24) is 0 Å². The monoisotopic (exact) mass is 242 g/mol. The van der Waals surface area contributed by atoms with Gasteiger partial charge in [0, 0.05) is 0 Å². The molecule has 0 fully saturated rings. The summed E-state index contributed by atoms with van der Waals surface area (Å²) in [5.41, 5.74) is 0. The average Bonchev–Trinajstić information content (AvgIpc) is 1.62. The number of carboxylic acids is 1. The number of halogens is 5. The van der Waals surface area contributed by atoms with Gasteiger partial charge >= 0.3 is 12.1 Å². The highest BCUT2D eigenvalue weighted by molar-refractivity contribution is 9.10. The second kappa shape index (κ2) is 4.02. The van der Waals surface area contributed by atoms with Crippen molar-refractivity contribution in [3.05, 3.63) is 0 Å². The summed E-state index contributed by atoms with van der Waals surface area (Å²) in [5.74, 6) is -1.93. The fourth-order valence-corrected chi connectivity index (χ4v) is 0.140. The van der Waals surface area contributed by atoms with E-state index in [1.165, 1.54) is 0 Å². The molecule has 0 bridgehead atoms. The van der Waals surface area contributed by atoms with E-state index in [0.29, 0.717) is 0 Å². The molecule has 0 aliphatic carbocycles. The SMILES string of the molecule is Cl.O=C(O)C(Br)C(F)(F)F. The molecule has 0 aliphatic heterocycles. The van der Waals surface area contributed by atoms with Gasteiger partial charge in [0.15, 0.2) is 0 Å². The fraction of sp³-hybridized carbons (Fsp3) is 0.667. The molecule has 0 rings (SSSR count). The molecule has 1 unspecified atom stereocenters. The zero-order chi connectivity index (χ0) is 7.65. The van der Waals surface area contributed by atoms with Crippen LogP contribution in [0.15, 0.2) is 0 Å². The van der Waals surface area contributed by atoms with Crippen LogP contribution in [-0.4, -0.2) is 22.1 Å². The van der Waals surface area contributed by atoms with Crippen LogP contribution in [0.4, 0.5) is 13.2 Å². The van der Waals surface area contributed by atoms with Crippen molar-refractivity contribution in [3.8, 4) is 0 Å². The molecule has 0 aromatic carbocycles. The molecule has 0 spiro atoms. The number of rotatable bonds is 1. The first-order valence-corrected chi connectivity index (χ1v) is 2.71. The smallest absolute Gasteiger partial charge is 0.411 e. The van der Waals surface area contributed by atoms with Gasteiger partial charge in [0.2, 0.25) is 4.83 Å². The van der Waals surface area contributed by atoms with Gasteiger partial charge in [-0.1, -0.05) is 15.9 Å². The Bertz CT molecular complexity index is 125. The van der Waals surface area contributed by atoms with E-state index < -0.39 is 17.0 Å². The maximum atomic E-state index is 11.3. The molecule has 10 heavy (non-hydrogen) atoms. The number of hydrogen-bond donors (Lipinski definition) is 1.